The van der Waals surface area contributed by atoms with Crippen molar-refractivity contribution < 1.29 is 19.4 Å². The smallest absolute Gasteiger partial charge is 0.339 e. The highest BCUT2D eigenvalue weighted by Crippen LogP contribution is 2.34. The second-order valence-corrected chi connectivity index (χ2v) is 8.80. The van der Waals surface area contributed by atoms with E-state index in [1.165, 1.54) is 18.2 Å². The minimum Gasteiger partial charge on any atom is -0.493 e. The third-order valence-electron chi connectivity index (χ3n) is 4.95. The lowest BCUT2D eigenvalue weighted by molar-refractivity contribution is -0.116. The van der Waals surface area contributed by atoms with Gasteiger partial charge in [0.25, 0.3) is 0 Å². The number of carbonyl (C=O) groups excluding carboxylic acids is 2. The molecule has 1 amide bonds. The number of hydrogen-bond donors (Lipinski definition) is 2. The molecule has 0 saturated heterocycles. The van der Waals surface area contributed by atoms with Gasteiger partial charge in [-0.2, -0.15) is 0 Å². The van der Waals surface area contributed by atoms with Gasteiger partial charge in [0.2, 0.25) is 11.8 Å². The predicted molar refractivity (Wildman–Crippen MR) is 133 cm³/mol. The second kappa shape index (κ2) is 10.1. The van der Waals surface area contributed by atoms with Crippen molar-refractivity contribution in [1.82, 2.24) is 4.57 Å². The molecule has 3 aromatic rings. The van der Waals surface area contributed by atoms with Gasteiger partial charge < -0.3 is 15.2 Å². The molecule has 174 valence electrons. The number of amides is 1. The molecule has 0 saturated carbocycles. The molecule has 4 rings (SSSR count). The number of thiazole rings is 1. The Labute approximate surface area is 203 Å². The van der Waals surface area contributed by atoms with E-state index in [0.29, 0.717) is 17.0 Å². The number of rotatable bonds is 7. The highest BCUT2D eigenvalue weighted by atomic mass is 35.5. The van der Waals surface area contributed by atoms with Gasteiger partial charge in [-0.25, -0.2) is 4.79 Å². The number of anilines is 1. The second-order valence-electron chi connectivity index (χ2n) is 7.40. The minimum absolute atomic E-state index is 0.121. The lowest BCUT2D eigenvalue weighted by Gasteiger charge is -2.10. The molecule has 34 heavy (non-hydrogen) atoms. The van der Waals surface area contributed by atoms with E-state index < -0.39 is 23.3 Å². The van der Waals surface area contributed by atoms with Crippen molar-refractivity contribution in [3.63, 3.8) is 0 Å². The van der Waals surface area contributed by atoms with Crippen molar-refractivity contribution >= 4 is 64.1 Å². The zero-order valence-electron chi connectivity index (χ0n) is 18.1. The lowest BCUT2D eigenvalue weighted by atomic mass is 10.1. The van der Waals surface area contributed by atoms with Gasteiger partial charge in [-0.3, -0.25) is 19.1 Å². The number of aliphatic imine (C=N–C) groups is 1. The van der Waals surface area contributed by atoms with Crippen LogP contribution >= 0.6 is 22.9 Å². The Morgan fingerprint density at radius 2 is 2.06 bits per heavy atom. The van der Waals surface area contributed by atoms with Gasteiger partial charge in [0.1, 0.15) is 6.54 Å². The third kappa shape index (κ3) is 4.95. The van der Waals surface area contributed by atoms with Crippen LogP contribution in [0.25, 0.3) is 11.6 Å². The summed E-state index contributed by atoms with van der Waals surface area (Å²) in [5.41, 5.74) is 2.88. The number of aromatic nitrogens is 1. The van der Waals surface area contributed by atoms with Crippen LogP contribution in [0.5, 0.6) is 5.88 Å². The Morgan fingerprint density at radius 1 is 1.26 bits per heavy atom. The molecule has 1 aliphatic heterocycles. The molecule has 2 heterocycles. The topological polar surface area (TPSA) is 110 Å². The zero-order chi connectivity index (χ0) is 24.2. The van der Waals surface area contributed by atoms with E-state index in [1.807, 2.05) is 31.2 Å². The van der Waals surface area contributed by atoms with E-state index in [9.17, 15) is 19.5 Å². The number of carbonyl (C=O) groups is 2. The normalized spacial score (nSPS) is 13.2. The van der Waals surface area contributed by atoms with Gasteiger partial charge in [0, 0.05) is 23.0 Å². The van der Waals surface area contributed by atoms with Crippen LogP contribution in [0.2, 0.25) is 5.02 Å². The third-order valence-corrected chi connectivity index (χ3v) is 6.19. The van der Waals surface area contributed by atoms with E-state index in [1.54, 1.807) is 12.3 Å². The van der Waals surface area contributed by atoms with Crippen LogP contribution in [-0.4, -0.2) is 34.4 Å². The van der Waals surface area contributed by atoms with Crippen molar-refractivity contribution in [2.24, 2.45) is 4.99 Å². The fourth-order valence-corrected chi connectivity index (χ4v) is 4.35. The molecule has 1 aromatic heterocycles. The molecule has 8 nitrogen and oxygen atoms in total. The number of halogens is 1. The molecule has 0 radical (unpaired) electrons. The summed E-state index contributed by atoms with van der Waals surface area (Å²) in [5, 5.41) is 13.4. The summed E-state index contributed by atoms with van der Waals surface area (Å²) in [6.07, 6.45) is 3.99. The Balaban J connectivity index is 1.50. The summed E-state index contributed by atoms with van der Waals surface area (Å²) in [4.78, 5) is 41.3. The van der Waals surface area contributed by atoms with Crippen molar-refractivity contribution in [3.05, 3.63) is 73.2 Å². The summed E-state index contributed by atoms with van der Waals surface area (Å²) in [6, 6.07) is 11.9. The van der Waals surface area contributed by atoms with Crippen LogP contribution < -0.4 is 10.2 Å². The maximum absolute atomic E-state index is 12.6. The van der Waals surface area contributed by atoms with Gasteiger partial charge in [-0.05, 0) is 36.8 Å². The molecule has 0 unspecified atom stereocenters. The Bertz CT molecular complexity index is 1390. The molecule has 2 N–H and O–H groups in total. The first-order valence-corrected chi connectivity index (χ1v) is 11.6. The number of fused-ring (bicyclic) bond motifs is 1. The lowest BCUT2D eigenvalue weighted by Crippen LogP contribution is -2.24. The maximum atomic E-state index is 12.6. The number of benzene rings is 2. The van der Waals surface area contributed by atoms with E-state index in [4.69, 9.17) is 16.3 Å². The largest absolute Gasteiger partial charge is 0.493 e. The van der Waals surface area contributed by atoms with Crippen LogP contribution in [0.4, 0.5) is 11.4 Å². The van der Waals surface area contributed by atoms with Crippen LogP contribution in [0.1, 0.15) is 34.1 Å². The summed E-state index contributed by atoms with van der Waals surface area (Å²) in [6.45, 7) is 1.71. The molecule has 0 aliphatic carbocycles. The number of allylic oxidation sites excluding steroid dienone is 1. The first kappa shape index (κ1) is 23.5. The standard InChI is InChI=1S/C24H20ClN3O5S/c1-2-9-33-23(31)17-11-15(7-8-18(17)25)27-21(29)13-28-22(30)20(34-24(28)32)10-14-12-26-19-6-4-3-5-16(14)19/h3-8,10-12,30H,2,9,13H2,1H3,(H,27,29). The Morgan fingerprint density at radius 3 is 2.85 bits per heavy atom. The van der Waals surface area contributed by atoms with E-state index in [0.717, 1.165) is 32.7 Å². The van der Waals surface area contributed by atoms with Gasteiger partial charge in [0.05, 0.1) is 27.8 Å². The summed E-state index contributed by atoms with van der Waals surface area (Å²) < 4.78 is 6.08. The highest BCUT2D eigenvalue weighted by Gasteiger charge is 2.19. The van der Waals surface area contributed by atoms with Crippen molar-refractivity contribution in [2.75, 3.05) is 11.9 Å². The summed E-state index contributed by atoms with van der Waals surface area (Å²) in [7, 11) is 0. The van der Waals surface area contributed by atoms with Crippen molar-refractivity contribution in [1.29, 1.82) is 0 Å². The summed E-state index contributed by atoms with van der Waals surface area (Å²) >= 11 is 6.90. The van der Waals surface area contributed by atoms with Gasteiger partial charge in [-0.15, -0.1) is 0 Å². The predicted octanol–water partition coefficient (Wildman–Crippen LogP) is 4.73. The van der Waals surface area contributed by atoms with Gasteiger partial charge >= 0.3 is 10.8 Å². The number of esters is 1. The molecule has 2 aromatic carbocycles. The first-order valence-electron chi connectivity index (χ1n) is 10.4. The minimum atomic E-state index is -0.593. The highest BCUT2D eigenvalue weighted by molar-refractivity contribution is 7.10. The molecule has 0 atom stereocenters. The van der Waals surface area contributed by atoms with Crippen LogP contribution in [0.15, 0.2) is 52.3 Å². The monoisotopic (exact) mass is 497 g/mol. The van der Waals surface area contributed by atoms with Crippen molar-refractivity contribution in [3.8, 4) is 5.88 Å². The average Bonchev–Trinajstić information content (AvgIpc) is 3.35. The zero-order valence-corrected chi connectivity index (χ0v) is 19.7. The molecular weight excluding hydrogens is 478 g/mol. The van der Waals surface area contributed by atoms with E-state index in [2.05, 4.69) is 10.3 Å². The molecule has 0 fully saturated rings. The van der Waals surface area contributed by atoms with Crippen molar-refractivity contribution in [2.45, 2.75) is 19.9 Å². The fourth-order valence-electron chi connectivity index (χ4n) is 3.32. The quantitative estimate of drug-likeness (QED) is 0.458. The number of ether oxygens (including phenoxy) is 1. The molecule has 0 bridgehead atoms. The Kier molecular flexibility index (Phi) is 6.95. The maximum Gasteiger partial charge on any atom is 0.339 e. The average molecular weight is 498 g/mol. The van der Waals surface area contributed by atoms with Crippen LogP contribution in [-0.2, 0) is 16.1 Å². The number of aromatic hydroxyl groups is 1. The number of para-hydroxylation sites is 1. The molecule has 10 heteroatoms. The van der Waals surface area contributed by atoms with Crippen LogP contribution in [0, 0.1) is 0 Å². The first-order chi connectivity index (χ1) is 16.4. The molecular formula is C24H20ClN3O5S. The fraction of sp³-hybridized carbons (Fsp3) is 0.167. The molecule has 0 spiro atoms. The number of nitrogens with zero attached hydrogens (tertiary/aromatic N) is 2. The molecule has 1 aliphatic rings. The van der Waals surface area contributed by atoms with Gasteiger partial charge in [-0.1, -0.05) is 48.1 Å². The number of hydrogen-bond acceptors (Lipinski definition) is 7. The van der Waals surface area contributed by atoms with Gasteiger partial charge in [0.15, 0.2) is 0 Å². The van der Waals surface area contributed by atoms with E-state index in [-0.39, 0.29) is 23.1 Å². The van der Waals surface area contributed by atoms with Crippen LogP contribution in [0.3, 0.4) is 0 Å². The number of nitrogens with one attached hydrogen (secondary N) is 1. The summed E-state index contributed by atoms with van der Waals surface area (Å²) in [5.74, 6) is -1.46. The SMILES string of the molecule is CCCOC(=O)c1cc(NC(=O)Cn2c(O)c(C=C3C=Nc4ccccc43)sc2=O)ccc1Cl. The Hall–Kier alpha value is -3.69. The van der Waals surface area contributed by atoms with E-state index >= 15 is 0 Å².